The molecule has 20 heavy (non-hydrogen) atoms. The van der Waals surface area contributed by atoms with Gasteiger partial charge < -0.3 is 4.98 Å². The number of nitrogens with one attached hydrogen (secondary N) is 2. The van der Waals surface area contributed by atoms with Gasteiger partial charge in [0.15, 0.2) is 0 Å². The average molecular weight is 267 g/mol. The van der Waals surface area contributed by atoms with Gasteiger partial charge in [-0.2, -0.15) is 5.10 Å². The maximum Gasteiger partial charge on any atom is 0.276 e. The molecule has 1 saturated carbocycles. The van der Waals surface area contributed by atoms with E-state index in [1.807, 2.05) is 12.1 Å². The zero-order chi connectivity index (χ0) is 13.5. The van der Waals surface area contributed by atoms with Gasteiger partial charge in [0.2, 0.25) is 0 Å². The molecule has 0 unspecified atom stereocenters. The summed E-state index contributed by atoms with van der Waals surface area (Å²) < 4.78 is 0. The lowest BCUT2D eigenvalue weighted by Crippen LogP contribution is -2.12. The van der Waals surface area contributed by atoms with Crippen LogP contribution in [0.1, 0.15) is 18.7 Å². The Morgan fingerprint density at radius 1 is 1.35 bits per heavy atom. The summed E-state index contributed by atoms with van der Waals surface area (Å²) in [7, 11) is 0. The molecule has 1 fully saturated rings. The molecule has 3 aromatic rings. The largest absolute Gasteiger partial charge is 0.309 e. The molecule has 0 aliphatic heterocycles. The lowest BCUT2D eigenvalue weighted by atomic mass is 10.2. The fourth-order valence-electron chi connectivity index (χ4n) is 2.36. The Bertz CT molecular complexity index is 816. The van der Waals surface area contributed by atoms with E-state index >= 15 is 0 Å². The van der Waals surface area contributed by atoms with E-state index < -0.39 is 0 Å². The second kappa shape index (κ2) is 4.26. The Kier molecular flexibility index (Phi) is 2.42. The standard InChI is InChI=1S/C14H13N5O/c20-14-13-12(16-10(17-14)6-8-3-4-8)11(18-19-13)9-2-1-5-15-7-9/h1-2,5,7-8H,3-4,6H2,(H,18,19)(H,16,17,20). The highest BCUT2D eigenvalue weighted by Gasteiger charge is 2.23. The first-order chi connectivity index (χ1) is 9.81. The molecule has 6 nitrogen and oxygen atoms in total. The third-order valence-corrected chi connectivity index (χ3v) is 3.59. The van der Waals surface area contributed by atoms with Crippen LogP contribution in [0.2, 0.25) is 0 Å². The molecule has 3 aromatic heterocycles. The van der Waals surface area contributed by atoms with E-state index in [2.05, 4.69) is 25.1 Å². The van der Waals surface area contributed by atoms with E-state index in [9.17, 15) is 4.79 Å². The highest BCUT2D eigenvalue weighted by molar-refractivity contribution is 5.88. The van der Waals surface area contributed by atoms with E-state index in [0.29, 0.717) is 22.6 Å². The number of hydrogen-bond acceptors (Lipinski definition) is 4. The van der Waals surface area contributed by atoms with Crippen molar-refractivity contribution < 1.29 is 0 Å². The number of H-pyrrole nitrogens is 2. The van der Waals surface area contributed by atoms with Gasteiger partial charge in [-0.05, 0) is 30.9 Å². The van der Waals surface area contributed by atoms with Gasteiger partial charge >= 0.3 is 0 Å². The van der Waals surface area contributed by atoms with Crippen LogP contribution in [0.25, 0.3) is 22.3 Å². The second-order valence-corrected chi connectivity index (χ2v) is 5.20. The molecule has 0 aromatic carbocycles. The van der Waals surface area contributed by atoms with Crippen molar-refractivity contribution in [3.05, 3.63) is 40.7 Å². The molecular weight excluding hydrogens is 254 g/mol. The van der Waals surface area contributed by atoms with Crippen molar-refractivity contribution in [2.45, 2.75) is 19.3 Å². The molecule has 0 spiro atoms. The smallest absolute Gasteiger partial charge is 0.276 e. The summed E-state index contributed by atoms with van der Waals surface area (Å²) in [6, 6.07) is 3.75. The highest BCUT2D eigenvalue weighted by atomic mass is 16.1. The number of pyridine rings is 1. The SMILES string of the molecule is O=c1[nH]c(CC2CC2)nc2c(-c3cccnc3)n[nH]c12. The van der Waals surface area contributed by atoms with E-state index in [1.165, 1.54) is 12.8 Å². The van der Waals surface area contributed by atoms with Crippen molar-refractivity contribution in [3.63, 3.8) is 0 Å². The molecule has 0 bridgehead atoms. The number of fused-ring (bicyclic) bond motifs is 1. The van der Waals surface area contributed by atoms with E-state index in [0.717, 1.165) is 17.8 Å². The second-order valence-electron chi connectivity index (χ2n) is 5.20. The summed E-state index contributed by atoms with van der Waals surface area (Å²) in [6.45, 7) is 0. The lowest BCUT2D eigenvalue weighted by Gasteiger charge is -2.00. The quantitative estimate of drug-likeness (QED) is 0.755. The topological polar surface area (TPSA) is 87.3 Å². The summed E-state index contributed by atoms with van der Waals surface area (Å²) in [5.74, 6) is 1.42. The molecule has 0 atom stereocenters. The summed E-state index contributed by atoms with van der Waals surface area (Å²) in [5.41, 5.74) is 2.42. The van der Waals surface area contributed by atoms with Crippen molar-refractivity contribution in [1.29, 1.82) is 0 Å². The Hall–Kier alpha value is -2.50. The van der Waals surface area contributed by atoms with Gasteiger partial charge in [-0.3, -0.25) is 14.9 Å². The van der Waals surface area contributed by atoms with Gasteiger partial charge in [-0.15, -0.1) is 0 Å². The van der Waals surface area contributed by atoms with Crippen molar-refractivity contribution in [3.8, 4) is 11.3 Å². The minimum Gasteiger partial charge on any atom is -0.309 e. The molecule has 6 heteroatoms. The Labute approximate surface area is 114 Å². The number of aromatic nitrogens is 5. The van der Waals surface area contributed by atoms with E-state index in [4.69, 9.17) is 0 Å². The molecule has 0 saturated heterocycles. The predicted octanol–water partition coefficient (Wildman–Crippen LogP) is 1.66. The van der Waals surface area contributed by atoms with Crippen LogP contribution in [0.5, 0.6) is 0 Å². The van der Waals surface area contributed by atoms with Crippen LogP contribution >= 0.6 is 0 Å². The number of aromatic amines is 2. The van der Waals surface area contributed by atoms with Crippen LogP contribution in [0.15, 0.2) is 29.3 Å². The lowest BCUT2D eigenvalue weighted by molar-refractivity contribution is 0.771. The summed E-state index contributed by atoms with van der Waals surface area (Å²) >= 11 is 0. The molecule has 4 rings (SSSR count). The first-order valence-corrected chi connectivity index (χ1v) is 6.69. The Balaban J connectivity index is 1.89. The summed E-state index contributed by atoms with van der Waals surface area (Å²) in [5, 5.41) is 6.98. The fourth-order valence-corrected chi connectivity index (χ4v) is 2.36. The van der Waals surface area contributed by atoms with Crippen molar-refractivity contribution in [1.82, 2.24) is 25.1 Å². The number of nitrogens with zero attached hydrogens (tertiary/aromatic N) is 3. The van der Waals surface area contributed by atoms with Crippen molar-refractivity contribution in [2.75, 3.05) is 0 Å². The third-order valence-electron chi connectivity index (χ3n) is 3.59. The van der Waals surface area contributed by atoms with Gasteiger partial charge in [-0.1, -0.05) is 0 Å². The molecule has 100 valence electrons. The molecule has 1 aliphatic rings. The number of rotatable bonds is 3. The first kappa shape index (κ1) is 11.3. The maximum atomic E-state index is 12.1. The fraction of sp³-hybridized carbons (Fsp3) is 0.286. The van der Waals surface area contributed by atoms with Crippen molar-refractivity contribution in [2.24, 2.45) is 5.92 Å². The minimum absolute atomic E-state index is 0.159. The Morgan fingerprint density at radius 2 is 2.25 bits per heavy atom. The maximum absolute atomic E-state index is 12.1. The molecule has 0 amide bonds. The van der Waals surface area contributed by atoms with Gasteiger partial charge in [0, 0.05) is 24.4 Å². The van der Waals surface area contributed by atoms with Crippen LogP contribution in [0.4, 0.5) is 0 Å². The van der Waals surface area contributed by atoms with Gasteiger partial charge in [0.05, 0.1) is 0 Å². The monoisotopic (exact) mass is 267 g/mol. The Morgan fingerprint density at radius 3 is 3.00 bits per heavy atom. The number of hydrogen-bond donors (Lipinski definition) is 2. The van der Waals surface area contributed by atoms with Crippen LogP contribution in [-0.2, 0) is 6.42 Å². The third kappa shape index (κ3) is 1.89. The summed E-state index contributed by atoms with van der Waals surface area (Å²) in [6.07, 6.45) is 6.71. The zero-order valence-electron chi connectivity index (χ0n) is 10.8. The molecule has 2 N–H and O–H groups in total. The van der Waals surface area contributed by atoms with Gasteiger partial charge in [0.1, 0.15) is 22.6 Å². The summed E-state index contributed by atoms with van der Waals surface area (Å²) in [4.78, 5) is 23.6. The molecule has 3 heterocycles. The zero-order valence-corrected chi connectivity index (χ0v) is 10.8. The van der Waals surface area contributed by atoms with Crippen molar-refractivity contribution >= 4 is 11.0 Å². The highest BCUT2D eigenvalue weighted by Crippen LogP contribution is 2.32. The molecule has 1 aliphatic carbocycles. The minimum atomic E-state index is -0.159. The molecule has 0 radical (unpaired) electrons. The predicted molar refractivity (Wildman–Crippen MR) is 74.2 cm³/mol. The molecular formula is C14H13N5O. The van der Waals surface area contributed by atoms with Crippen LogP contribution in [0.3, 0.4) is 0 Å². The van der Waals surface area contributed by atoms with Gasteiger partial charge in [0.25, 0.3) is 5.56 Å². The van der Waals surface area contributed by atoms with Crippen LogP contribution in [-0.4, -0.2) is 25.1 Å². The van der Waals surface area contributed by atoms with Gasteiger partial charge in [-0.25, -0.2) is 4.98 Å². The van der Waals surface area contributed by atoms with E-state index in [-0.39, 0.29) is 5.56 Å². The van der Waals surface area contributed by atoms with Crippen LogP contribution < -0.4 is 5.56 Å². The average Bonchev–Trinajstić information content (AvgIpc) is 3.16. The van der Waals surface area contributed by atoms with Crippen LogP contribution in [0, 0.1) is 5.92 Å². The normalized spacial score (nSPS) is 14.8. The first-order valence-electron chi connectivity index (χ1n) is 6.69. The van der Waals surface area contributed by atoms with E-state index in [1.54, 1.807) is 12.4 Å².